The van der Waals surface area contributed by atoms with Crippen molar-refractivity contribution in [2.45, 2.75) is 26.4 Å². The topological polar surface area (TPSA) is 63.7 Å². The first kappa shape index (κ1) is 14.6. The van der Waals surface area contributed by atoms with Gasteiger partial charge in [0.25, 0.3) is 0 Å². The number of morpholine rings is 1. The van der Waals surface area contributed by atoms with Crippen molar-refractivity contribution in [3.63, 3.8) is 0 Å². The van der Waals surface area contributed by atoms with Gasteiger partial charge in [-0.2, -0.15) is 0 Å². The van der Waals surface area contributed by atoms with Crippen LogP contribution in [0, 0.1) is 0 Å². The molecule has 0 radical (unpaired) electrons. The Hall–Kier alpha value is -1.82. The van der Waals surface area contributed by atoms with E-state index >= 15 is 0 Å². The van der Waals surface area contributed by atoms with Crippen LogP contribution in [-0.2, 0) is 9.47 Å². The second kappa shape index (κ2) is 6.09. The Bertz CT molecular complexity index is 465. The molecule has 0 unspecified atom stereocenters. The molecule has 20 heavy (non-hydrogen) atoms. The summed E-state index contributed by atoms with van der Waals surface area (Å²) < 4.78 is 10.5. The molecule has 110 valence electrons. The third-order valence-electron chi connectivity index (χ3n) is 2.70. The second-order valence-electron chi connectivity index (χ2n) is 5.61. The molecule has 2 heterocycles. The van der Waals surface area contributed by atoms with E-state index in [0.717, 1.165) is 18.9 Å². The zero-order chi connectivity index (χ0) is 14.6. The molecule has 1 aliphatic heterocycles. The molecular weight excluding hydrogens is 258 g/mol. The number of amides is 1. The lowest BCUT2D eigenvalue weighted by atomic mass is 10.2. The van der Waals surface area contributed by atoms with Crippen LogP contribution in [0.5, 0.6) is 0 Å². The summed E-state index contributed by atoms with van der Waals surface area (Å²) in [6, 6.07) is 5.53. The highest BCUT2D eigenvalue weighted by Crippen LogP contribution is 2.16. The van der Waals surface area contributed by atoms with E-state index < -0.39 is 11.7 Å². The second-order valence-corrected chi connectivity index (χ2v) is 5.61. The molecule has 0 bridgehead atoms. The van der Waals surface area contributed by atoms with Crippen LogP contribution >= 0.6 is 0 Å². The number of anilines is 2. The van der Waals surface area contributed by atoms with Crippen LogP contribution < -0.4 is 10.2 Å². The van der Waals surface area contributed by atoms with Gasteiger partial charge in [-0.05, 0) is 32.9 Å². The van der Waals surface area contributed by atoms with E-state index in [9.17, 15) is 4.79 Å². The standard InChI is InChI=1S/C14H21N3O3/c1-14(2,3)20-13(18)16-11-5-4-6-12(15-11)17-7-9-19-10-8-17/h4-6H,7-10H2,1-3H3,(H,15,16,18). The number of hydrogen-bond donors (Lipinski definition) is 1. The van der Waals surface area contributed by atoms with Gasteiger partial charge in [0.05, 0.1) is 13.2 Å². The van der Waals surface area contributed by atoms with Crippen LogP contribution in [0.25, 0.3) is 0 Å². The Morgan fingerprint density at radius 3 is 2.70 bits per heavy atom. The van der Waals surface area contributed by atoms with E-state index in [1.165, 1.54) is 0 Å². The van der Waals surface area contributed by atoms with Crippen molar-refractivity contribution in [1.29, 1.82) is 0 Å². The molecule has 0 atom stereocenters. The average molecular weight is 279 g/mol. The first-order valence-electron chi connectivity index (χ1n) is 6.74. The Balaban J connectivity index is 2.00. The van der Waals surface area contributed by atoms with E-state index in [2.05, 4.69) is 15.2 Å². The zero-order valence-corrected chi connectivity index (χ0v) is 12.2. The summed E-state index contributed by atoms with van der Waals surface area (Å²) in [7, 11) is 0. The zero-order valence-electron chi connectivity index (χ0n) is 12.2. The molecule has 0 aromatic carbocycles. The monoisotopic (exact) mass is 279 g/mol. The van der Waals surface area contributed by atoms with Gasteiger partial charge in [0, 0.05) is 13.1 Å². The van der Waals surface area contributed by atoms with Gasteiger partial charge in [-0.3, -0.25) is 5.32 Å². The number of ether oxygens (including phenoxy) is 2. The van der Waals surface area contributed by atoms with Crippen LogP contribution in [0.1, 0.15) is 20.8 Å². The summed E-state index contributed by atoms with van der Waals surface area (Å²) in [4.78, 5) is 18.3. The molecule has 6 nitrogen and oxygen atoms in total. The number of nitrogens with one attached hydrogen (secondary N) is 1. The average Bonchev–Trinajstić information content (AvgIpc) is 2.38. The largest absolute Gasteiger partial charge is 0.444 e. The van der Waals surface area contributed by atoms with Crippen LogP contribution in [0.3, 0.4) is 0 Å². The number of nitrogens with zero attached hydrogens (tertiary/aromatic N) is 2. The molecule has 2 rings (SSSR count). The highest BCUT2D eigenvalue weighted by atomic mass is 16.6. The molecule has 1 N–H and O–H groups in total. The Labute approximate surface area is 119 Å². The number of carbonyl (C=O) groups excluding carboxylic acids is 1. The normalized spacial score (nSPS) is 15.8. The lowest BCUT2D eigenvalue weighted by molar-refractivity contribution is 0.0635. The van der Waals surface area contributed by atoms with Crippen molar-refractivity contribution in [2.75, 3.05) is 36.5 Å². The third-order valence-corrected chi connectivity index (χ3v) is 2.70. The fourth-order valence-corrected chi connectivity index (χ4v) is 1.87. The summed E-state index contributed by atoms with van der Waals surface area (Å²) in [5, 5.41) is 2.65. The summed E-state index contributed by atoms with van der Waals surface area (Å²) in [5.74, 6) is 1.32. The predicted molar refractivity (Wildman–Crippen MR) is 77.1 cm³/mol. The predicted octanol–water partition coefficient (Wildman–Crippen LogP) is 2.27. The highest BCUT2D eigenvalue weighted by Gasteiger charge is 2.17. The maximum Gasteiger partial charge on any atom is 0.413 e. The maximum absolute atomic E-state index is 11.7. The molecular formula is C14H21N3O3. The molecule has 0 aliphatic carbocycles. The molecule has 1 aromatic heterocycles. The van der Waals surface area contributed by atoms with Crippen LogP contribution in [0.2, 0.25) is 0 Å². The first-order chi connectivity index (χ1) is 9.44. The number of rotatable bonds is 2. The maximum atomic E-state index is 11.7. The van der Waals surface area contributed by atoms with Crippen LogP contribution in [0.15, 0.2) is 18.2 Å². The fraction of sp³-hybridized carbons (Fsp3) is 0.571. The minimum absolute atomic E-state index is 0.489. The SMILES string of the molecule is CC(C)(C)OC(=O)Nc1cccc(N2CCOCC2)n1. The lowest BCUT2D eigenvalue weighted by Crippen LogP contribution is -2.36. The first-order valence-corrected chi connectivity index (χ1v) is 6.74. The summed E-state index contributed by atoms with van der Waals surface area (Å²) >= 11 is 0. The van der Waals surface area contributed by atoms with Crippen molar-refractivity contribution in [3.05, 3.63) is 18.2 Å². The minimum atomic E-state index is -0.522. The number of pyridine rings is 1. The fourth-order valence-electron chi connectivity index (χ4n) is 1.87. The van der Waals surface area contributed by atoms with Crippen molar-refractivity contribution >= 4 is 17.7 Å². The molecule has 1 aliphatic rings. The number of aromatic nitrogens is 1. The van der Waals surface area contributed by atoms with Gasteiger partial charge in [-0.25, -0.2) is 9.78 Å². The van der Waals surface area contributed by atoms with E-state index in [4.69, 9.17) is 9.47 Å². The number of carbonyl (C=O) groups is 1. The molecule has 0 saturated carbocycles. The van der Waals surface area contributed by atoms with Gasteiger partial charge >= 0.3 is 6.09 Å². The van der Waals surface area contributed by atoms with Crippen LogP contribution in [-0.4, -0.2) is 43.0 Å². The Morgan fingerprint density at radius 2 is 2.05 bits per heavy atom. The molecule has 1 amide bonds. The van der Waals surface area contributed by atoms with Crippen molar-refractivity contribution in [1.82, 2.24) is 4.98 Å². The Kier molecular flexibility index (Phi) is 4.44. The van der Waals surface area contributed by atoms with Gasteiger partial charge in [-0.15, -0.1) is 0 Å². The number of hydrogen-bond acceptors (Lipinski definition) is 5. The molecule has 1 fully saturated rings. The summed E-state index contributed by atoms with van der Waals surface area (Å²) in [6.45, 7) is 8.49. The smallest absolute Gasteiger partial charge is 0.413 e. The highest BCUT2D eigenvalue weighted by molar-refractivity contribution is 5.83. The van der Waals surface area contributed by atoms with Gasteiger partial charge in [0.15, 0.2) is 0 Å². The lowest BCUT2D eigenvalue weighted by Gasteiger charge is -2.28. The van der Waals surface area contributed by atoms with Crippen molar-refractivity contribution in [2.24, 2.45) is 0 Å². The van der Waals surface area contributed by atoms with Gasteiger partial charge in [0.1, 0.15) is 17.2 Å². The quantitative estimate of drug-likeness (QED) is 0.899. The van der Waals surface area contributed by atoms with E-state index in [0.29, 0.717) is 19.0 Å². The molecule has 1 saturated heterocycles. The van der Waals surface area contributed by atoms with Gasteiger partial charge < -0.3 is 14.4 Å². The molecule has 6 heteroatoms. The Morgan fingerprint density at radius 1 is 1.35 bits per heavy atom. The van der Waals surface area contributed by atoms with Crippen molar-refractivity contribution < 1.29 is 14.3 Å². The van der Waals surface area contributed by atoms with Gasteiger partial charge in [0.2, 0.25) is 0 Å². The minimum Gasteiger partial charge on any atom is -0.444 e. The van der Waals surface area contributed by atoms with Crippen molar-refractivity contribution in [3.8, 4) is 0 Å². The van der Waals surface area contributed by atoms with Gasteiger partial charge in [-0.1, -0.05) is 6.07 Å². The molecule has 0 spiro atoms. The molecule has 1 aromatic rings. The summed E-state index contributed by atoms with van der Waals surface area (Å²) in [6.07, 6.45) is -0.496. The third kappa shape index (κ3) is 4.38. The van der Waals surface area contributed by atoms with E-state index in [1.807, 2.05) is 32.9 Å². The van der Waals surface area contributed by atoms with E-state index in [1.54, 1.807) is 6.07 Å². The van der Waals surface area contributed by atoms with E-state index in [-0.39, 0.29) is 0 Å². The summed E-state index contributed by atoms with van der Waals surface area (Å²) in [5.41, 5.74) is -0.522. The van der Waals surface area contributed by atoms with Crippen LogP contribution in [0.4, 0.5) is 16.4 Å².